The Morgan fingerprint density at radius 1 is 1.00 bits per heavy atom. The van der Waals surface area contributed by atoms with Crippen LogP contribution in [0.3, 0.4) is 0 Å². The molecule has 0 radical (unpaired) electrons. The first-order valence-corrected chi connectivity index (χ1v) is 9.09. The number of anilines is 2. The molecule has 0 saturated carbocycles. The van der Waals surface area contributed by atoms with E-state index in [1.54, 1.807) is 4.90 Å². The third kappa shape index (κ3) is 4.99. The summed E-state index contributed by atoms with van der Waals surface area (Å²) in [6.07, 6.45) is 3.90. The van der Waals surface area contributed by atoms with E-state index < -0.39 is 0 Å². The van der Waals surface area contributed by atoms with Gasteiger partial charge in [-0.1, -0.05) is 30.3 Å². The minimum Gasteiger partial charge on any atom is -0.376 e. The molecule has 4 heteroatoms. The fourth-order valence-electron chi connectivity index (χ4n) is 3.20. The summed E-state index contributed by atoms with van der Waals surface area (Å²) < 4.78 is 0. The second-order valence-corrected chi connectivity index (χ2v) is 6.68. The fourth-order valence-corrected chi connectivity index (χ4v) is 3.20. The third-order valence-electron chi connectivity index (χ3n) is 4.72. The first-order chi connectivity index (χ1) is 12.2. The highest BCUT2D eigenvalue weighted by molar-refractivity contribution is 5.80. The van der Waals surface area contributed by atoms with Crippen LogP contribution in [0.4, 0.5) is 11.4 Å². The maximum atomic E-state index is 12.3. The molecule has 3 rings (SSSR count). The van der Waals surface area contributed by atoms with E-state index in [9.17, 15) is 4.79 Å². The molecule has 0 bridgehead atoms. The highest BCUT2D eigenvalue weighted by atomic mass is 16.2. The van der Waals surface area contributed by atoms with Crippen molar-refractivity contribution in [2.24, 2.45) is 0 Å². The maximum absolute atomic E-state index is 12.3. The minimum absolute atomic E-state index is 0.0870. The maximum Gasteiger partial charge on any atom is 0.241 e. The van der Waals surface area contributed by atoms with E-state index in [4.69, 9.17) is 0 Å². The highest BCUT2D eigenvalue weighted by Gasteiger charge is 2.11. The third-order valence-corrected chi connectivity index (χ3v) is 4.72. The second-order valence-electron chi connectivity index (χ2n) is 6.68. The number of amides is 1. The number of carbonyl (C=O) groups excluding carboxylic acids is 1. The van der Waals surface area contributed by atoms with Crippen LogP contribution in [0.1, 0.15) is 24.8 Å². The van der Waals surface area contributed by atoms with Gasteiger partial charge in [-0.25, -0.2) is 0 Å². The Balaban J connectivity index is 1.48. The number of nitrogens with zero attached hydrogens (tertiary/aromatic N) is 2. The van der Waals surface area contributed by atoms with Crippen molar-refractivity contribution in [3.63, 3.8) is 0 Å². The molecule has 1 aliphatic heterocycles. The predicted molar refractivity (Wildman–Crippen MR) is 104 cm³/mol. The molecular weight excluding hydrogens is 310 g/mol. The molecule has 0 unspecified atom stereocenters. The molecule has 132 valence electrons. The van der Waals surface area contributed by atoms with E-state index >= 15 is 0 Å². The van der Waals surface area contributed by atoms with Crippen LogP contribution >= 0.6 is 0 Å². The van der Waals surface area contributed by atoms with E-state index in [1.165, 1.54) is 24.9 Å². The quantitative estimate of drug-likeness (QED) is 0.872. The van der Waals surface area contributed by atoms with Crippen molar-refractivity contribution in [2.45, 2.75) is 25.8 Å². The van der Waals surface area contributed by atoms with Crippen molar-refractivity contribution in [3.05, 3.63) is 60.2 Å². The highest BCUT2D eigenvalue weighted by Crippen LogP contribution is 2.21. The summed E-state index contributed by atoms with van der Waals surface area (Å²) in [5, 5.41) is 3.23. The number of hydrogen-bond acceptors (Lipinski definition) is 3. The van der Waals surface area contributed by atoms with Gasteiger partial charge in [0.15, 0.2) is 0 Å². The standard InChI is InChI=1S/C21H27N3O/c1-23(17-18-8-4-2-5-9-18)21(25)16-22-19-10-12-20(13-11-19)24-14-6-3-7-15-24/h2,4-5,8-13,22H,3,6-7,14-17H2,1H3. The number of carbonyl (C=O) groups is 1. The Hall–Kier alpha value is -2.49. The first-order valence-electron chi connectivity index (χ1n) is 9.09. The zero-order valence-corrected chi connectivity index (χ0v) is 14.9. The van der Waals surface area contributed by atoms with Gasteiger partial charge in [0.25, 0.3) is 0 Å². The minimum atomic E-state index is 0.0870. The summed E-state index contributed by atoms with van der Waals surface area (Å²) in [4.78, 5) is 16.5. The topological polar surface area (TPSA) is 35.6 Å². The average molecular weight is 337 g/mol. The molecule has 0 atom stereocenters. The van der Waals surface area contributed by atoms with E-state index in [2.05, 4.69) is 34.5 Å². The van der Waals surface area contributed by atoms with E-state index in [1.807, 2.05) is 37.4 Å². The van der Waals surface area contributed by atoms with Crippen molar-refractivity contribution >= 4 is 17.3 Å². The molecule has 0 spiro atoms. The van der Waals surface area contributed by atoms with Gasteiger partial charge in [0.2, 0.25) is 5.91 Å². The van der Waals surface area contributed by atoms with Gasteiger partial charge in [-0.2, -0.15) is 0 Å². The molecular formula is C21H27N3O. The zero-order chi connectivity index (χ0) is 17.5. The average Bonchev–Trinajstić information content (AvgIpc) is 2.68. The lowest BCUT2D eigenvalue weighted by molar-refractivity contribution is -0.128. The van der Waals surface area contributed by atoms with Gasteiger partial charge in [0.05, 0.1) is 6.54 Å². The molecule has 1 amide bonds. The Morgan fingerprint density at radius 2 is 1.68 bits per heavy atom. The number of hydrogen-bond donors (Lipinski definition) is 1. The van der Waals surface area contributed by atoms with Gasteiger partial charge in [-0.15, -0.1) is 0 Å². The SMILES string of the molecule is CN(Cc1ccccc1)C(=O)CNc1ccc(N2CCCCC2)cc1. The molecule has 1 fully saturated rings. The van der Waals surface area contributed by atoms with Crippen molar-refractivity contribution in [1.29, 1.82) is 0 Å². The van der Waals surface area contributed by atoms with Crippen LogP contribution in [-0.2, 0) is 11.3 Å². The van der Waals surface area contributed by atoms with Gasteiger partial charge in [-0.05, 0) is 49.1 Å². The van der Waals surface area contributed by atoms with Crippen LogP contribution < -0.4 is 10.2 Å². The van der Waals surface area contributed by atoms with Crippen molar-refractivity contribution in [2.75, 3.05) is 36.9 Å². The van der Waals surface area contributed by atoms with Crippen molar-refractivity contribution < 1.29 is 4.79 Å². The summed E-state index contributed by atoms with van der Waals surface area (Å²) in [5.74, 6) is 0.0870. The van der Waals surface area contributed by atoms with E-state index in [0.717, 1.165) is 24.3 Å². The lowest BCUT2D eigenvalue weighted by Crippen LogP contribution is -2.31. The molecule has 0 aromatic heterocycles. The normalized spacial score (nSPS) is 14.2. The van der Waals surface area contributed by atoms with Gasteiger partial charge in [0, 0.05) is 38.1 Å². The Bertz CT molecular complexity index is 663. The van der Waals surface area contributed by atoms with Gasteiger partial charge in [0.1, 0.15) is 0 Å². The van der Waals surface area contributed by atoms with Gasteiger partial charge < -0.3 is 15.1 Å². The Labute approximate surface area is 150 Å². The zero-order valence-electron chi connectivity index (χ0n) is 14.9. The molecule has 2 aromatic rings. The molecule has 4 nitrogen and oxygen atoms in total. The Kier molecular flexibility index (Phi) is 5.94. The Morgan fingerprint density at radius 3 is 2.36 bits per heavy atom. The number of likely N-dealkylation sites (N-methyl/N-ethyl adjacent to an activating group) is 1. The van der Waals surface area contributed by atoms with Crippen LogP contribution in [0.5, 0.6) is 0 Å². The molecule has 25 heavy (non-hydrogen) atoms. The van der Waals surface area contributed by atoms with Crippen molar-refractivity contribution in [3.8, 4) is 0 Å². The van der Waals surface area contributed by atoms with Crippen LogP contribution in [0, 0.1) is 0 Å². The second kappa shape index (κ2) is 8.56. The number of rotatable bonds is 6. The lowest BCUT2D eigenvalue weighted by Gasteiger charge is -2.28. The molecule has 1 aliphatic rings. The van der Waals surface area contributed by atoms with E-state index in [0.29, 0.717) is 13.1 Å². The summed E-state index contributed by atoms with van der Waals surface area (Å²) in [6, 6.07) is 18.5. The molecule has 1 saturated heterocycles. The van der Waals surface area contributed by atoms with Crippen LogP contribution in [0.25, 0.3) is 0 Å². The molecule has 1 heterocycles. The van der Waals surface area contributed by atoms with Crippen LogP contribution in [-0.4, -0.2) is 37.5 Å². The van der Waals surface area contributed by atoms with Gasteiger partial charge in [-0.3, -0.25) is 4.79 Å². The molecule has 1 N–H and O–H groups in total. The van der Waals surface area contributed by atoms with Gasteiger partial charge >= 0.3 is 0 Å². The van der Waals surface area contributed by atoms with E-state index in [-0.39, 0.29) is 5.91 Å². The molecule has 2 aromatic carbocycles. The summed E-state index contributed by atoms with van der Waals surface area (Å²) in [7, 11) is 1.84. The summed E-state index contributed by atoms with van der Waals surface area (Å²) >= 11 is 0. The largest absolute Gasteiger partial charge is 0.376 e. The van der Waals surface area contributed by atoms with Crippen molar-refractivity contribution in [1.82, 2.24) is 4.90 Å². The fraction of sp³-hybridized carbons (Fsp3) is 0.381. The van der Waals surface area contributed by atoms with Crippen LogP contribution in [0.2, 0.25) is 0 Å². The summed E-state index contributed by atoms with van der Waals surface area (Å²) in [6.45, 7) is 3.24. The monoisotopic (exact) mass is 337 g/mol. The predicted octanol–water partition coefficient (Wildman–Crippen LogP) is 3.75. The summed E-state index contributed by atoms with van der Waals surface area (Å²) in [5.41, 5.74) is 3.41. The number of piperidine rings is 1. The lowest BCUT2D eigenvalue weighted by atomic mass is 10.1. The smallest absolute Gasteiger partial charge is 0.241 e. The first kappa shape index (κ1) is 17.3. The number of benzene rings is 2. The molecule has 0 aliphatic carbocycles. The van der Waals surface area contributed by atoms with Crippen LogP contribution in [0.15, 0.2) is 54.6 Å². The number of nitrogens with one attached hydrogen (secondary N) is 1.